The number of carboxylic acids is 1. The molecule has 3 N–H and O–H groups in total. The Balaban J connectivity index is 1.70. The number of hydrogen-bond acceptors (Lipinski definition) is 4. The normalized spacial score (nSPS) is 12.1. The fourth-order valence-electron chi connectivity index (χ4n) is 3.57. The van der Waals surface area contributed by atoms with E-state index in [2.05, 4.69) is 10.6 Å². The zero-order valence-corrected chi connectivity index (χ0v) is 20.9. The Morgan fingerprint density at radius 3 is 2.31 bits per heavy atom. The molecular formula is C26H26ClFN2O4S. The van der Waals surface area contributed by atoms with E-state index in [9.17, 15) is 18.8 Å². The van der Waals surface area contributed by atoms with Crippen LogP contribution in [0, 0.1) is 5.82 Å². The molecule has 0 saturated heterocycles. The number of rotatable bonds is 10. The topological polar surface area (TPSA) is 95.5 Å². The van der Waals surface area contributed by atoms with Gasteiger partial charge in [0.15, 0.2) is 0 Å². The van der Waals surface area contributed by atoms with Crippen LogP contribution < -0.4 is 10.6 Å². The van der Waals surface area contributed by atoms with E-state index in [4.69, 9.17) is 16.7 Å². The Morgan fingerprint density at radius 1 is 1.03 bits per heavy atom. The molecule has 0 aliphatic heterocycles. The number of amides is 2. The zero-order valence-electron chi connectivity index (χ0n) is 19.3. The number of benzene rings is 2. The van der Waals surface area contributed by atoms with Crippen LogP contribution in [0.25, 0.3) is 10.4 Å². The Morgan fingerprint density at radius 2 is 1.69 bits per heavy atom. The van der Waals surface area contributed by atoms with Crippen LogP contribution in [0.3, 0.4) is 0 Å². The van der Waals surface area contributed by atoms with Crippen molar-refractivity contribution < 1.29 is 23.9 Å². The molecule has 1 atom stereocenters. The lowest BCUT2D eigenvalue weighted by molar-refractivity contribution is -0.137. The van der Waals surface area contributed by atoms with Gasteiger partial charge < -0.3 is 15.7 Å². The number of carbonyl (C=O) groups excluding carboxylic acids is 2. The summed E-state index contributed by atoms with van der Waals surface area (Å²) in [4.78, 5) is 38.2. The standard InChI is InChI=1S/C26H26ClFN2O4S/c1-26(2,15-16-3-7-18(27)8-4-16)30-24(33)20(11-14-23(31)32)29-25(34)22-13-12-21(35-22)17-5-9-19(28)10-6-17/h3-10,12-13,20H,11,14-15H2,1-2H3,(H,29,34)(H,30,33)(H,31,32)/t20-/m0/s1. The lowest BCUT2D eigenvalue weighted by Crippen LogP contribution is -2.54. The largest absolute Gasteiger partial charge is 0.481 e. The van der Waals surface area contributed by atoms with Crippen LogP contribution in [0.1, 0.15) is 41.9 Å². The lowest BCUT2D eigenvalue weighted by Gasteiger charge is -2.29. The molecule has 2 amide bonds. The van der Waals surface area contributed by atoms with Gasteiger partial charge in [0.1, 0.15) is 11.9 Å². The van der Waals surface area contributed by atoms with Crippen LogP contribution in [0.5, 0.6) is 0 Å². The van der Waals surface area contributed by atoms with Crippen LogP contribution >= 0.6 is 22.9 Å². The van der Waals surface area contributed by atoms with Gasteiger partial charge in [0, 0.05) is 21.9 Å². The van der Waals surface area contributed by atoms with Crippen LogP contribution in [0.15, 0.2) is 60.7 Å². The molecule has 0 unspecified atom stereocenters. The molecule has 3 rings (SSSR count). The Hall–Kier alpha value is -3.23. The van der Waals surface area contributed by atoms with Crippen LogP contribution in [0.2, 0.25) is 5.02 Å². The van der Waals surface area contributed by atoms with Crippen molar-refractivity contribution in [3.8, 4) is 10.4 Å². The van der Waals surface area contributed by atoms with Crippen molar-refractivity contribution in [1.29, 1.82) is 0 Å². The van der Waals surface area contributed by atoms with Crippen molar-refractivity contribution in [3.05, 3.63) is 81.9 Å². The number of halogens is 2. The second kappa shape index (κ2) is 11.5. The minimum atomic E-state index is -1.06. The highest BCUT2D eigenvalue weighted by Crippen LogP contribution is 2.28. The number of carboxylic acid groups (broad SMARTS) is 1. The van der Waals surface area contributed by atoms with Crippen molar-refractivity contribution >= 4 is 40.7 Å². The predicted molar refractivity (Wildman–Crippen MR) is 135 cm³/mol. The van der Waals surface area contributed by atoms with E-state index in [0.29, 0.717) is 16.3 Å². The number of nitrogens with one attached hydrogen (secondary N) is 2. The van der Waals surface area contributed by atoms with Gasteiger partial charge in [0.2, 0.25) is 5.91 Å². The molecule has 0 radical (unpaired) electrons. The third-order valence-corrected chi connectivity index (χ3v) is 6.63. The minimum absolute atomic E-state index is 0.0554. The van der Waals surface area contributed by atoms with Gasteiger partial charge in [-0.25, -0.2) is 4.39 Å². The van der Waals surface area contributed by atoms with Crippen molar-refractivity contribution in [1.82, 2.24) is 10.6 Å². The fraction of sp³-hybridized carbons (Fsp3) is 0.269. The Kier molecular flexibility index (Phi) is 8.64. The quantitative estimate of drug-likeness (QED) is 0.340. The molecule has 0 bridgehead atoms. The summed E-state index contributed by atoms with van der Waals surface area (Å²) < 4.78 is 13.2. The Bertz CT molecular complexity index is 1190. The first-order valence-corrected chi connectivity index (χ1v) is 12.2. The summed E-state index contributed by atoms with van der Waals surface area (Å²) in [5.74, 6) is -2.36. The van der Waals surface area contributed by atoms with E-state index in [1.54, 1.807) is 36.4 Å². The molecule has 6 nitrogen and oxygen atoms in total. The molecule has 1 aromatic heterocycles. The highest BCUT2D eigenvalue weighted by molar-refractivity contribution is 7.17. The van der Waals surface area contributed by atoms with Gasteiger partial charge in [0.05, 0.1) is 4.88 Å². The van der Waals surface area contributed by atoms with Crippen molar-refractivity contribution in [3.63, 3.8) is 0 Å². The van der Waals surface area contributed by atoms with E-state index < -0.39 is 29.4 Å². The van der Waals surface area contributed by atoms with Gasteiger partial charge >= 0.3 is 5.97 Å². The van der Waals surface area contributed by atoms with Gasteiger partial charge in [-0.15, -0.1) is 11.3 Å². The summed E-state index contributed by atoms with van der Waals surface area (Å²) in [6, 6.07) is 15.5. The third-order valence-electron chi connectivity index (χ3n) is 5.25. The second-order valence-corrected chi connectivity index (χ2v) is 10.3. The molecule has 0 aliphatic rings. The second-order valence-electron chi connectivity index (χ2n) is 8.81. The predicted octanol–water partition coefficient (Wildman–Crippen LogP) is 5.31. The molecule has 0 fully saturated rings. The first-order valence-electron chi connectivity index (χ1n) is 11.0. The average Bonchev–Trinajstić information content (AvgIpc) is 3.28. The van der Waals surface area contributed by atoms with E-state index in [0.717, 1.165) is 16.0 Å². The first kappa shape index (κ1) is 26.4. The molecule has 3 aromatic rings. The summed E-state index contributed by atoms with van der Waals surface area (Å²) in [6.45, 7) is 3.70. The maximum Gasteiger partial charge on any atom is 0.303 e. The van der Waals surface area contributed by atoms with E-state index in [1.165, 1.54) is 23.5 Å². The number of hydrogen-bond donors (Lipinski definition) is 3. The van der Waals surface area contributed by atoms with Gasteiger partial charge in [-0.2, -0.15) is 0 Å². The number of aliphatic carboxylic acids is 1. The first-order chi connectivity index (χ1) is 16.5. The summed E-state index contributed by atoms with van der Waals surface area (Å²) >= 11 is 7.14. The van der Waals surface area contributed by atoms with Gasteiger partial charge in [-0.1, -0.05) is 35.9 Å². The molecule has 35 heavy (non-hydrogen) atoms. The minimum Gasteiger partial charge on any atom is -0.481 e. The van der Waals surface area contributed by atoms with E-state index in [-0.39, 0.29) is 18.7 Å². The van der Waals surface area contributed by atoms with Gasteiger partial charge in [-0.3, -0.25) is 14.4 Å². The molecule has 0 saturated carbocycles. The maximum absolute atomic E-state index is 13.2. The van der Waals surface area contributed by atoms with Crippen LogP contribution in [-0.4, -0.2) is 34.5 Å². The maximum atomic E-state index is 13.2. The van der Waals surface area contributed by atoms with E-state index >= 15 is 0 Å². The number of carbonyl (C=O) groups is 3. The molecule has 1 heterocycles. The average molecular weight is 517 g/mol. The molecule has 184 valence electrons. The molecular weight excluding hydrogens is 491 g/mol. The molecule has 0 aliphatic carbocycles. The van der Waals surface area contributed by atoms with Gasteiger partial charge in [0.25, 0.3) is 5.91 Å². The number of thiophene rings is 1. The summed E-state index contributed by atoms with van der Waals surface area (Å²) in [5.41, 5.74) is 1.08. The Labute approximate surface area is 212 Å². The smallest absolute Gasteiger partial charge is 0.303 e. The summed E-state index contributed by atoms with van der Waals surface area (Å²) in [6.07, 6.45) is 0.183. The van der Waals surface area contributed by atoms with Crippen LogP contribution in [-0.2, 0) is 16.0 Å². The monoisotopic (exact) mass is 516 g/mol. The molecule has 2 aromatic carbocycles. The highest BCUT2D eigenvalue weighted by Gasteiger charge is 2.28. The zero-order chi connectivity index (χ0) is 25.6. The van der Waals surface area contributed by atoms with Crippen molar-refractivity contribution in [2.75, 3.05) is 0 Å². The molecule has 0 spiro atoms. The van der Waals surface area contributed by atoms with Crippen molar-refractivity contribution in [2.24, 2.45) is 0 Å². The summed E-state index contributed by atoms with van der Waals surface area (Å²) in [5, 5.41) is 15.3. The molecule has 9 heteroatoms. The third kappa shape index (κ3) is 7.90. The van der Waals surface area contributed by atoms with Crippen molar-refractivity contribution in [2.45, 2.75) is 44.7 Å². The van der Waals surface area contributed by atoms with Gasteiger partial charge in [-0.05, 0) is 74.2 Å². The highest BCUT2D eigenvalue weighted by atomic mass is 35.5. The fourth-order valence-corrected chi connectivity index (χ4v) is 4.61. The van der Waals surface area contributed by atoms with E-state index in [1.807, 2.05) is 26.0 Å². The lowest BCUT2D eigenvalue weighted by atomic mass is 9.94. The summed E-state index contributed by atoms with van der Waals surface area (Å²) in [7, 11) is 0. The SMILES string of the molecule is CC(C)(Cc1ccc(Cl)cc1)NC(=O)[C@H](CCC(=O)O)NC(=O)c1ccc(-c2ccc(F)cc2)s1. The van der Waals surface area contributed by atoms with Crippen LogP contribution in [0.4, 0.5) is 4.39 Å².